The van der Waals surface area contributed by atoms with E-state index in [-0.39, 0.29) is 0 Å². The van der Waals surface area contributed by atoms with Crippen LogP contribution < -0.4 is 0 Å². The van der Waals surface area contributed by atoms with Crippen LogP contribution in [0.1, 0.15) is 0 Å². The maximum Gasteiger partial charge on any atom is 0.332 e. The fourth-order valence-electron chi connectivity index (χ4n) is 0.150. The molecule has 0 saturated heterocycles. The van der Waals surface area contributed by atoms with Crippen LogP contribution in [0.15, 0.2) is 0 Å². The third-order valence-corrected chi connectivity index (χ3v) is 1.16. The third kappa shape index (κ3) is 5.60. The van der Waals surface area contributed by atoms with Crippen LogP contribution in [-0.2, 0) is 0 Å². The van der Waals surface area contributed by atoms with E-state index in [1.165, 1.54) is 0 Å². The van der Waals surface area contributed by atoms with E-state index in [1.54, 1.807) is 0 Å². The Morgan fingerprint density at radius 1 is 1.43 bits per heavy atom. The van der Waals surface area contributed by atoms with E-state index in [1.807, 2.05) is 19.6 Å². The quantitative estimate of drug-likeness (QED) is 0.211. The number of hydrogen-bond donors (Lipinski definition) is 0. The van der Waals surface area contributed by atoms with Gasteiger partial charge in [0.2, 0.25) is 0 Å². The second-order valence-corrected chi connectivity index (χ2v) is 7.19. The van der Waals surface area contributed by atoms with E-state index in [0.29, 0.717) is 0 Å². The lowest BCUT2D eigenvalue weighted by Crippen LogP contribution is -2.22. The first-order valence-corrected chi connectivity index (χ1v) is 5.67. The average Bonchev–Trinajstić information content (AvgIpc) is 1.30. The number of hydrogen-bond acceptors (Lipinski definition) is 0. The van der Waals surface area contributed by atoms with Crippen molar-refractivity contribution in [3.05, 3.63) is 5.53 Å². The van der Waals surface area contributed by atoms with Crippen LogP contribution >= 0.6 is 0 Å². The van der Waals surface area contributed by atoms with E-state index >= 15 is 0 Å². The molecule has 0 aliphatic heterocycles. The summed E-state index contributed by atoms with van der Waals surface area (Å²) < 4.78 is 0. The Morgan fingerprint density at radius 2 is 1.86 bits per heavy atom. The van der Waals surface area contributed by atoms with Crippen molar-refractivity contribution in [3.8, 4) is 0 Å². The van der Waals surface area contributed by atoms with Gasteiger partial charge in [0.25, 0.3) is 0 Å². The second-order valence-electron chi connectivity index (χ2n) is 2.46. The van der Waals surface area contributed by atoms with E-state index in [4.69, 9.17) is 5.53 Å². The van der Waals surface area contributed by atoms with Crippen molar-refractivity contribution < 1.29 is 4.79 Å². The van der Waals surface area contributed by atoms with E-state index in [0.717, 1.165) is 0 Å². The molecule has 0 fully saturated rings. The van der Waals surface area contributed by atoms with Crippen LogP contribution in [-0.4, -0.2) is 18.7 Å². The van der Waals surface area contributed by atoms with Crippen molar-refractivity contribution in [2.24, 2.45) is 0 Å². The maximum absolute atomic E-state index is 7.95. The summed E-state index contributed by atoms with van der Waals surface area (Å²) in [5.74, 6) is 2.60. The summed E-state index contributed by atoms with van der Waals surface area (Å²) in [6.07, 6.45) is 0. The number of nitrogens with zero attached hydrogens (tertiary/aromatic N) is 2. The molecule has 7 heavy (non-hydrogen) atoms. The van der Waals surface area contributed by atoms with Crippen molar-refractivity contribution in [1.29, 1.82) is 0 Å². The molecule has 0 unspecified atom stereocenters. The molecule has 0 heterocycles. The summed E-state index contributed by atoms with van der Waals surface area (Å²) in [7, 11) is -1.32. The topological polar surface area (TPSA) is 36.4 Å². The molecule has 0 amide bonds. The molecule has 3 heteroatoms. The monoisotopic (exact) mass is 113 g/mol. The van der Waals surface area contributed by atoms with Crippen LogP contribution in [0.2, 0.25) is 19.6 Å². The molecule has 39 valence electrons. The predicted octanol–water partition coefficient (Wildman–Crippen LogP) is 1.04. The minimum atomic E-state index is -1.32. The average molecular weight is 113 g/mol. The Bertz CT molecular complexity index is 96.7. The lowest BCUT2D eigenvalue weighted by Gasteiger charge is -1.93. The molecule has 0 aromatic rings. The van der Waals surface area contributed by atoms with Crippen LogP contribution in [0.5, 0.6) is 0 Å². The first-order chi connectivity index (χ1) is 3.06. The Labute approximate surface area is 44.8 Å². The van der Waals surface area contributed by atoms with Crippen molar-refractivity contribution in [2.45, 2.75) is 19.6 Å². The van der Waals surface area contributed by atoms with Crippen LogP contribution in [0, 0.1) is 0 Å². The summed E-state index contributed by atoms with van der Waals surface area (Å²) in [6.45, 7) is 6.14. The molecule has 0 N–H and O–H groups in total. The Hall–Kier alpha value is -0.403. The molecule has 0 bridgehead atoms. The predicted molar refractivity (Wildman–Crippen MR) is 32.0 cm³/mol. The minimum absolute atomic E-state index is 1.32. The van der Waals surface area contributed by atoms with Gasteiger partial charge in [-0.3, -0.25) is 0 Å². The van der Waals surface area contributed by atoms with Crippen molar-refractivity contribution in [2.75, 3.05) is 0 Å². The molecule has 1 radical (unpaired) electrons. The molecule has 2 nitrogen and oxygen atoms in total. The van der Waals surface area contributed by atoms with Crippen LogP contribution in [0.3, 0.4) is 0 Å². The van der Waals surface area contributed by atoms with Gasteiger partial charge in [0.15, 0.2) is 8.07 Å². The summed E-state index contributed by atoms with van der Waals surface area (Å²) in [4.78, 5) is 2.82. The van der Waals surface area contributed by atoms with Gasteiger partial charge in [-0.2, -0.15) is 4.79 Å². The van der Waals surface area contributed by atoms with Gasteiger partial charge in [-0.05, 0) is 0 Å². The third-order valence-electron chi connectivity index (χ3n) is 0.385. The summed E-state index contributed by atoms with van der Waals surface area (Å²) >= 11 is 0. The van der Waals surface area contributed by atoms with Gasteiger partial charge in [0, 0.05) is 0 Å². The zero-order valence-electron chi connectivity index (χ0n) is 4.89. The Morgan fingerprint density at radius 3 is 1.86 bits per heavy atom. The lowest BCUT2D eigenvalue weighted by molar-refractivity contribution is 0.00680. The molecular formula is C4H9N2Si. The normalized spacial score (nSPS) is 10.1. The van der Waals surface area contributed by atoms with Crippen molar-refractivity contribution in [1.82, 2.24) is 0 Å². The number of rotatable bonds is 1. The highest BCUT2D eigenvalue weighted by Crippen LogP contribution is 1.91. The van der Waals surface area contributed by atoms with Gasteiger partial charge in [-0.25, -0.2) is 0 Å². The zero-order chi connectivity index (χ0) is 5.91. The zero-order valence-corrected chi connectivity index (χ0v) is 5.89. The van der Waals surface area contributed by atoms with E-state index < -0.39 is 8.07 Å². The molecule has 0 aliphatic rings. The van der Waals surface area contributed by atoms with Gasteiger partial charge in [0.05, 0.1) is 0 Å². The van der Waals surface area contributed by atoms with Gasteiger partial charge in [-0.15, -0.1) is 0 Å². The summed E-state index contributed by atoms with van der Waals surface area (Å²) in [5, 5.41) is 0. The summed E-state index contributed by atoms with van der Waals surface area (Å²) in [5.41, 5.74) is 7.95. The standard InChI is InChI=1S/C4H9N2Si/c1-7(2,3)4-6-5/h1-3H3. The molecule has 0 atom stereocenters. The van der Waals surface area contributed by atoms with Gasteiger partial charge >= 0.3 is 5.84 Å². The first kappa shape index (κ1) is 6.60. The highest BCUT2D eigenvalue weighted by molar-refractivity contribution is 6.98. The van der Waals surface area contributed by atoms with Crippen molar-refractivity contribution >= 4 is 13.9 Å². The van der Waals surface area contributed by atoms with Crippen LogP contribution in [0.25, 0.3) is 5.53 Å². The first-order valence-electron chi connectivity index (χ1n) is 2.17. The molecule has 0 spiro atoms. The minimum Gasteiger partial charge on any atom is -0.361 e. The van der Waals surface area contributed by atoms with Gasteiger partial charge in [0.1, 0.15) is 0 Å². The van der Waals surface area contributed by atoms with Crippen LogP contribution in [0.4, 0.5) is 0 Å². The fourth-order valence-corrected chi connectivity index (χ4v) is 0.450. The largest absolute Gasteiger partial charge is 0.361 e. The highest BCUT2D eigenvalue weighted by Gasteiger charge is 2.17. The molecule has 0 saturated carbocycles. The van der Waals surface area contributed by atoms with E-state index in [2.05, 4.69) is 10.6 Å². The molecule has 0 aliphatic carbocycles. The SMILES string of the molecule is C[Si](C)(C)[C]=[N+]=[N-]. The van der Waals surface area contributed by atoms with Gasteiger partial charge in [-0.1, -0.05) is 19.6 Å². The van der Waals surface area contributed by atoms with Gasteiger partial charge < -0.3 is 5.53 Å². The second kappa shape index (κ2) is 2.05. The molecule has 0 rings (SSSR count). The maximum atomic E-state index is 7.95. The van der Waals surface area contributed by atoms with E-state index in [9.17, 15) is 0 Å². The smallest absolute Gasteiger partial charge is 0.332 e. The fraction of sp³-hybridized carbons (Fsp3) is 0.750. The highest BCUT2D eigenvalue weighted by atomic mass is 28.3. The van der Waals surface area contributed by atoms with Crippen molar-refractivity contribution in [3.63, 3.8) is 0 Å². The lowest BCUT2D eigenvalue weighted by atomic mass is 11.7. The Balaban J connectivity index is 3.80. The summed E-state index contributed by atoms with van der Waals surface area (Å²) in [6, 6.07) is 0. The molecule has 0 aromatic heterocycles. The Kier molecular flexibility index (Phi) is 1.93. The molecule has 0 aromatic carbocycles. The molecular weight excluding hydrogens is 104 g/mol.